The second-order valence-corrected chi connectivity index (χ2v) is 7.86. The number of aromatic nitrogens is 2. The van der Waals surface area contributed by atoms with Crippen molar-refractivity contribution in [1.82, 2.24) is 24.9 Å². The second kappa shape index (κ2) is 11.2. The molecule has 1 atom stereocenters. The molecule has 0 radical (unpaired) electrons. The quantitative estimate of drug-likeness (QED) is 0.344. The third kappa shape index (κ3) is 6.18. The molecule has 0 bridgehead atoms. The first-order chi connectivity index (χ1) is 13.1. The topological polar surface area (TPSA) is 48.7 Å². The minimum Gasteiger partial charge on any atom is -0.357 e. The number of hydrogen-bond acceptors (Lipinski definition) is 3. The average molecular weight is 561 g/mol. The number of halogens is 2. The van der Waals surface area contributed by atoms with Crippen molar-refractivity contribution in [2.75, 3.05) is 32.7 Å². The van der Waals surface area contributed by atoms with Crippen molar-refractivity contribution < 1.29 is 0 Å². The van der Waals surface area contributed by atoms with Gasteiger partial charge in [-0.05, 0) is 31.5 Å². The number of guanidine groups is 1. The maximum atomic E-state index is 4.81. The lowest BCUT2D eigenvalue weighted by Crippen LogP contribution is -2.52. The van der Waals surface area contributed by atoms with Crippen molar-refractivity contribution in [2.24, 2.45) is 12.0 Å². The van der Waals surface area contributed by atoms with Gasteiger partial charge >= 0.3 is 0 Å². The summed E-state index contributed by atoms with van der Waals surface area (Å²) in [6, 6.07) is 9.09. The molecule has 2 aromatic rings. The van der Waals surface area contributed by atoms with Crippen LogP contribution in [0, 0.1) is 0 Å². The normalized spacial score (nSPS) is 16.6. The monoisotopic (exact) mass is 560 g/mol. The molecule has 1 aliphatic heterocycles. The third-order valence-corrected chi connectivity index (χ3v) is 5.55. The van der Waals surface area contributed by atoms with Crippen LogP contribution in [0.5, 0.6) is 0 Å². The van der Waals surface area contributed by atoms with Gasteiger partial charge in [0.2, 0.25) is 0 Å². The Morgan fingerprint density at radius 3 is 2.46 bits per heavy atom. The molecule has 1 N–H and O–H groups in total. The van der Waals surface area contributed by atoms with Gasteiger partial charge in [-0.2, -0.15) is 5.10 Å². The van der Waals surface area contributed by atoms with Gasteiger partial charge in [-0.1, -0.05) is 28.1 Å². The van der Waals surface area contributed by atoms with E-state index in [0.717, 1.165) is 48.7 Å². The summed E-state index contributed by atoms with van der Waals surface area (Å²) < 4.78 is 2.95. The number of aliphatic imine (C=N–C) groups is 1. The Hall–Kier alpha value is -1.13. The van der Waals surface area contributed by atoms with Gasteiger partial charge in [-0.25, -0.2) is 4.99 Å². The molecule has 6 nitrogen and oxygen atoms in total. The van der Waals surface area contributed by atoms with E-state index in [1.165, 1.54) is 5.56 Å². The predicted octanol–water partition coefficient (Wildman–Crippen LogP) is 3.64. The summed E-state index contributed by atoms with van der Waals surface area (Å²) in [5.74, 6) is 0.997. The van der Waals surface area contributed by atoms with E-state index in [-0.39, 0.29) is 24.0 Å². The van der Waals surface area contributed by atoms with Crippen molar-refractivity contribution in [1.29, 1.82) is 0 Å². The molecular formula is C20H30BrIN6. The summed E-state index contributed by atoms with van der Waals surface area (Å²) in [6.07, 6.45) is 3.90. The number of benzene rings is 1. The van der Waals surface area contributed by atoms with E-state index in [4.69, 9.17) is 4.99 Å². The standard InChI is InChI=1S/C20H29BrN6.HI/c1-4-22-20(23-13-17-14-24-25(3)15-17)27-11-9-26(10-12-27)16(2)18-5-7-19(21)8-6-18;/h5-8,14-16H,4,9-13H2,1-3H3,(H,22,23);1H. The van der Waals surface area contributed by atoms with Gasteiger partial charge in [-0.15, -0.1) is 24.0 Å². The molecule has 3 rings (SSSR count). The zero-order chi connectivity index (χ0) is 19.2. The number of rotatable bonds is 5. The van der Waals surface area contributed by atoms with Crippen molar-refractivity contribution >= 4 is 45.9 Å². The molecule has 1 saturated heterocycles. The van der Waals surface area contributed by atoms with Gasteiger partial charge in [0.15, 0.2) is 5.96 Å². The highest BCUT2D eigenvalue weighted by atomic mass is 127. The number of hydrogen-bond donors (Lipinski definition) is 1. The molecule has 8 heteroatoms. The minimum atomic E-state index is 0. The highest BCUT2D eigenvalue weighted by Gasteiger charge is 2.23. The molecule has 1 fully saturated rings. The molecule has 28 heavy (non-hydrogen) atoms. The van der Waals surface area contributed by atoms with Gasteiger partial charge in [0.25, 0.3) is 0 Å². The van der Waals surface area contributed by atoms with Crippen molar-refractivity contribution in [3.63, 3.8) is 0 Å². The van der Waals surface area contributed by atoms with Crippen LogP contribution in [-0.2, 0) is 13.6 Å². The van der Waals surface area contributed by atoms with Crippen LogP contribution >= 0.6 is 39.9 Å². The Labute approximate surface area is 193 Å². The van der Waals surface area contributed by atoms with Crippen molar-refractivity contribution in [2.45, 2.75) is 26.4 Å². The van der Waals surface area contributed by atoms with Crippen molar-refractivity contribution in [3.8, 4) is 0 Å². The van der Waals surface area contributed by atoms with E-state index in [0.29, 0.717) is 12.6 Å². The van der Waals surface area contributed by atoms with Crippen LogP contribution in [0.25, 0.3) is 0 Å². The Morgan fingerprint density at radius 2 is 1.89 bits per heavy atom. The fourth-order valence-corrected chi connectivity index (χ4v) is 3.68. The van der Waals surface area contributed by atoms with E-state index >= 15 is 0 Å². The molecule has 0 spiro atoms. The largest absolute Gasteiger partial charge is 0.357 e. The lowest BCUT2D eigenvalue weighted by molar-refractivity contribution is 0.138. The minimum absolute atomic E-state index is 0. The van der Waals surface area contributed by atoms with Crippen LogP contribution in [0.2, 0.25) is 0 Å². The number of piperazine rings is 1. The van der Waals surface area contributed by atoms with Gasteiger partial charge in [0, 0.05) is 62.0 Å². The Morgan fingerprint density at radius 1 is 1.21 bits per heavy atom. The first kappa shape index (κ1) is 23.2. The molecule has 0 amide bonds. The van der Waals surface area contributed by atoms with E-state index in [9.17, 15) is 0 Å². The zero-order valence-electron chi connectivity index (χ0n) is 16.8. The SMILES string of the molecule is CCNC(=NCc1cnn(C)c1)N1CCN(C(C)c2ccc(Br)cc2)CC1.I. The summed E-state index contributed by atoms with van der Waals surface area (Å²) in [5.41, 5.74) is 2.50. The smallest absolute Gasteiger partial charge is 0.194 e. The third-order valence-electron chi connectivity index (χ3n) is 5.02. The van der Waals surface area contributed by atoms with Gasteiger partial charge < -0.3 is 10.2 Å². The Balaban J connectivity index is 0.00000280. The van der Waals surface area contributed by atoms with E-state index in [1.54, 1.807) is 0 Å². The molecule has 154 valence electrons. The first-order valence-corrected chi connectivity index (χ1v) is 10.4. The lowest BCUT2D eigenvalue weighted by atomic mass is 10.1. The van der Waals surface area contributed by atoms with Gasteiger partial charge in [0.1, 0.15) is 0 Å². The fourth-order valence-electron chi connectivity index (χ4n) is 3.42. The van der Waals surface area contributed by atoms with Crippen LogP contribution < -0.4 is 5.32 Å². The maximum absolute atomic E-state index is 4.81. The van der Waals surface area contributed by atoms with Crippen LogP contribution in [-0.4, -0.2) is 58.3 Å². The van der Waals surface area contributed by atoms with E-state index in [2.05, 4.69) is 74.3 Å². The Kier molecular flexibility index (Phi) is 9.23. The molecule has 0 aliphatic carbocycles. The zero-order valence-corrected chi connectivity index (χ0v) is 20.7. The average Bonchev–Trinajstić information content (AvgIpc) is 3.10. The predicted molar refractivity (Wildman–Crippen MR) is 129 cm³/mol. The van der Waals surface area contributed by atoms with Crippen LogP contribution in [0.3, 0.4) is 0 Å². The van der Waals surface area contributed by atoms with Crippen LogP contribution in [0.1, 0.15) is 31.0 Å². The lowest BCUT2D eigenvalue weighted by Gasteiger charge is -2.39. The van der Waals surface area contributed by atoms with E-state index < -0.39 is 0 Å². The number of aryl methyl sites for hydroxylation is 1. The summed E-state index contributed by atoms with van der Waals surface area (Å²) in [6.45, 7) is 9.99. The van der Waals surface area contributed by atoms with Crippen LogP contribution in [0.4, 0.5) is 0 Å². The first-order valence-electron chi connectivity index (χ1n) is 9.57. The molecule has 1 aromatic carbocycles. The maximum Gasteiger partial charge on any atom is 0.194 e. The molecule has 1 aromatic heterocycles. The number of nitrogens with one attached hydrogen (secondary N) is 1. The Bertz CT molecular complexity index is 752. The van der Waals surface area contributed by atoms with E-state index in [1.807, 2.05) is 24.1 Å². The molecule has 2 heterocycles. The molecule has 1 unspecified atom stereocenters. The highest BCUT2D eigenvalue weighted by molar-refractivity contribution is 14.0. The molecular weight excluding hydrogens is 531 g/mol. The van der Waals surface area contributed by atoms with Gasteiger partial charge in [0.05, 0.1) is 12.7 Å². The summed E-state index contributed by atoms with van der Waals surface area (Å²) >= 11 is 3.52. The summed E-state index contributed by atoms with van der Waals surface area (Å²) in [5, 5.41) is 7.66. The number of nitrogens with zero attached hydrogens (tertiary/aromatic N) is 5. The molecule has 0 saturated carbocycles. The second-order valence-electron chi connectivity index (χ2n) is 6.94. The highest BCUT2D eigenvalue weighted by Crippen LogP contribution is 2.23. The molecule has 1 aliphatic rings. The fraction of sp³-hybridized carbons (Fsp3) is 0.500. The summed E-state index contributed by atoms with van der Waals surface area (Å²) in [7, 11) is 1.93. The van der Waals surface area contributed by atoms with Crippen molar-refractivity contribution in [3.05, 3.63) is 52.3 Å². The summed E-state index contributed by atoms with van der Waals surface area (Å²) in [4.78, 5) is 9.72. The van der Waals surface area contributed by atoms with Crippen LogP contribution in [0.15, 0.2) is 46.1 Å². The van der Waals surface area contributed by atoms with Gasteiger partial charge in [-0.3, -0.25) is 9.58 Å².